The number of hydrogen-bond acceptors (Lipinski definition) is 2. The van der Waals surface area contributed by atoms with E-state index in [1.165, 1.54) is 29.5 Å². The van der Waals surface area contributed by atoms with Gasteiger partial charge < -0.3 is 5.32 Å². The van der Waals surface area contributed by atoms with Crippen LogP contribution < -0.4 is 5.32 Å². The molecule has 0 atom stereocenters. The van der Waals surface area contributed by atoms with Crippen molar-refractivity contribution in [3.05, 3.63) is 35.5 Å². The number of fused-ring (bicyclic) bond motifs is 1. The highest BCUT2D eigenvalue weighted by Gasteiger charge is 2.03. The van der Waals surface area contributed by atoms with Crippen LogP contribution in [0, 0.1) is 6.92 Å². The summed E-state index contributed by atoms with van der Waals surface area (Å²) in [6, 6.07) is 8.70. The summed E-state index contributed by atoms with van der Waals surface area (Å²) in [5, 5.41) is 4.48. The molecule has 0 aliphatic rings. The molecule has 0 saturated heterocycles. The van der Waals surface area contributed by atoms with Crippen molar-refractivity contribution in [2.75, 3.05) is 12.4 Å². The van der Waals surface area contributed by atoms with Crippen LogP contribution in [0.15, 0.2) is 24.3 Å². The molecule has 0 fully saturated rings. The number of unbranched alkanes of at least 4 members (excludes halogenated alkanes) is 1. The molecule has 2 nitrogen and oxygen atoms in total. The summed E-state index contributed by atoms with van der Waals surface area (Å²) in [7, 11) is 1.97. The second-order valence-electron chi connectivity index (χ2n) is 4.52. The largest absolute Gasteiger partial charge is 0.388 e. The zero-order valence-corrected chi connectivity index (χ0v) is 10.9. The van der Waals surface area contributed by atoms with Gasteiger partial charge in [-0.05, 0) is 43.5 Å². The lowest BCUT2D eigenvalue weighted by atomic mass is 10.0. The van der Waals surface area contributed by atoms with Crippen molar-refractivity contribution in [2.24, 2.45) is 0 Å². The molecule has 1 aromatic heterocycles. The molecule has 1 N–H and O–H groups in total. The van der Waals surface area contributed by atoms with Crippen molar-refractivity contribution >= 4 is 16.6 Å². The average Bonchev–Trinajstić information content (AvgIpc) is 2.35. The number of pyridine rings is 1. The highest BCUT2D eigenvalue weighted by molar-refractivity contribution is 5.91. The molecule has 2 rings (SSSR count). The van der Waals surface area contributed by atoms with Crippen LogP contribution in [0.2, 0.25) is 0 Å². The van der Waals surface area contributed by atoms with Gasteiger partial charge in [-0.25, -0.2) is 0 Å². The third kappa shape index (κ3) is 2.57. The van der Waals surface area contributed by atoms with Crippen LogP contribution >= 0.6 is 0 Å². The van der Waals surface area contributed by atoms with Crippen LogP contribution in [-0.2, 0) is 6.42 Å². The van der Waals surface area contributed by atoms with E-state index in [4.69, 9.17) is 0 Å². The molecule has 1 aromatic carbocycles. The molecular formula is C15H20N2. The first kappa shape index (κ1) is 11.9. The lowest BCUT2D eigenvalue weighted by molar-refractivity contribution is 0.796. The molecule has 2 heteroatoms. The zero-order valence-electron chi connectivity index (χ0n) is 10.9. The van der Waals surface area contributed by atoms with Gasteiger partial charge in [-0.1, -0.05) is 19.4 Å². The van der Waals surface area contributed by atoms with E-state index < -0.39 is 0 Å². The smallest absolute Gasteiger partial charge is 0.0726 e. The Morgan fingerprint density at radius 2 is 2.06 bits per heavy atom. The summed E-state index contributed by atoms with van der Waals surface area (Å²) in [4.78, 5) is 4.57. The molecule has 0 radical (unpaired) electrons. The van der Waals surface area contributed by atoms with E-state index in [9.17, 15) is 0 Å². The van der Waals surface area contributed by atoms with Crippen LogP contribution in [0.4, 0.5) is 5.69 Å². The van der Waals surface area contributed by atoms with Gasteiger partial charge in [0.15, 0.2) is 0 Å². The van der Waals surface area contributed by atoms with Gasteiger partial charge in [0.05, 0.1) is 5.52 Å². The highest BCUT2D eigenvalue weighted by atomic mass is 14.8. The quantitative estimate of drug-likeness (QED) is 0.857. The summed E-state index contributed by atoms with van der Waals surface area (Å²) in [6.07, 6.45) is 3.65. The van der Waals surface area contributed by atoms with Gasteiger partial charge in [-0.3, -0.25) is 4.98 Å². The topological polar surface area (TPSA) is 24.9 Å². The first-order chi connectivity index (χ1) is 8.24. The van der Waals surface area contributed by atoms with Crippen LogP contribution in [0.3, 0.4) is 0 Å². The number of rotatable bonds is 4. The van der Waals surface area contributed by atoms with Gasteiger partial charge in [-0.15, -0.1) is 0 Å². The first-order valence-electron chi connectivity index (χ1n) is 6.32. The van der Waals surface area contributed by atoms with E-state index in [1.807, 2.05) is 14.0 Å². The molecule has 17 heavy (non-hydrogen) atoms. The van der Waals surface area contributed by atoms with E-state index in [1.54, 1.807) is 0 Å². The molecule has 0 unspecified atom stereocenters. The van der Waals surface area contributed by atoms with Crippen molar-refractivity contribution in [3.8, 4) is 0 Å². The molecule has 0 aliphatic heterocycles. The average molecular weight is 228 g/mol. The third-order valence-electron chi connectivity index (χ3n) is 3.09. The van der Waals surface area contributed by atoms with Crippen LogP contribution in [0.5, 0.6) is 0 Å². The molecule has 0 saturated carbocycles. The highest BCUT2D eigenvalue weighted by Crippen LogP contribution is 2.24. The number of benzene rings is 1. The lowest BCUT2D eigenvalue weighted by Crippen LogP contribution is -1.95. The van der Waals surface area contributed by atoms with Crippen molar-refractivity contribution in [2.45, 2.75) is 33.1 Å². The van der Waals surface area contributed by atoms with Crippen LogP contribution in [-0.4, -0.2) is 12.0 Å². The molecule has 0 aliphatic carbocycles. The maximum atomic E-state index is 4.57. The van der Waals surface area contributed by atoms with Gasteiger partial charge in [-0.2, -0.15) is 0 Å². The summed E-state index contributed by atoms with van der Waals surface area (Å²) in [5.41, 5.74) is 4.71. The molecule has 1 heterocycles. The SMILES string of the molecule is CCCCc1ccc2nc(C)cc(NC)c2c1. The Kier molecular flexibility index (Phi) is 3.62. The maximum Gasteiger partial charge on any atom is 0.0726 e. The van der Waals surface area contributed by atoms with Gasteiger partial charge in [0.2, 0.25) is 0 Å². The van der Waals surface area contributed by atoms with Crippen molar-refractivity contribution in [1.82, 2.24) is 4.98 Å². The second kappa shape index (κ2) is 5.17. The molecule has 2 aromatic rings. The van der Waals surface area contributed by atoms with E-state index in [2.05, 4.69) is 41.5 Å². The standard InChI is InChI=1S/C15H20N2/c1-4-5-6-12-7-8-14-13(10-12)15(16-3)9-11(2)17-14/h7-10H,4-6H2,1-3H3,(H,16,17). The fraction of sp³-hybridized carbons (Fsp3) is 0.400. The Bertz CT molecular complexity index is 518. The Morgan fingerprint density at radius 3 is 2.76 bits per heavy atom. The van der Waals surface area contributed by atoms with E-state index in [0.717, 1.165) is 17.6 Å². The summed E-state index contributed by atoms with van der Waals surface area (Å²) in [5.74, 6) is 0. The molecule has 0 spiro atoms. The number of aryl methyl sites for hydroxylation is 2. The van der Waals surface area contributed by atoms with Crippen molar-refractivity contribution in [1.29, 1.82) is 0 Å². The van der Waals surface area contributed by atoms with Gasteiger partial charge in [0.25, 0.3) is 0 Å². The van der Waals surface area contributed by atoms with Crippen LogP contribution in [0.25, 0.3) is 10.9 Å². The first-order valence-corrected chi connectivity index (χ1v) is 6.32. The van der Waals surface area contributed by atoms with E-state index in [-0.39, 0.29) is 0 Å². The predicted molar refractivity (Wildman–Crippen MR) is 74.6 cm³/mol. The van der Waals surface area contributed by atoms with Gasteiger partial charge in [0, 0.05) is 23.8 Å². The van der Waals surface area contributed by atoms with E-state index >= 15 is 0 Å². The Morgan fingerprint density at radius 1 is 1.24 bits per heavy atom. The minimum atomic E-state index is 1.06. The molecular weight excluding hydrogens is 208 g/mol. The van der Waals surface area contributed by atoms with Crippen molar-refractivity contribution < 1.29 is 0 Å². The minimum absolute atomic E-state index is 1.06. The molecule has 0 amide bonds. The van der Waals surface area contributed by atoms with Gasteiger partial charge in [0.1, 0.15) is 0 Å². The maximum absolute atomic E-state index is 4.57. The van der Waals surface area contributed by atoms with Gasteiger partial charge >= 0.3 is 0 Å². The monoisotopic (exact) mass is 228 g/mol. The summed E-state index contributed by atoms with van der Waals surface area (Å²) in [6.45, 7) is 4.26. The number of hydrogen-bond donors (Lipinski definition) is 1. The lowest BCUT2D eigenvalue weighted by Gasteiger charge is -2.09. The zero-order chi connectivity index (χ0) is 12.3. The fourth-order valence-corrected chi connectivity index (χ4v) is 2.15. The predicted octanol–water partition coefficient (Wildman–Crippen LogP) is 3.93. The number of nitrogens with one attached hydrogen (secondary N) is 1. The fourth-order valence-electron chi connectivity index (χ4n) is 2.15. The molecule has 0 bridgehead atoms. The Labute approximate surface area is 103 Å². The number of aromatic nitrogens is 1. The second-order valence-corrected chi connectivity index (χ2v) is 4.52. The Hall–Kier alpha value is -1.57. The number of nitrogens with zero attached hydrogens (tertiary/aromatic N) is 1. The van der Waals surface area contributed by atoms with E-state index in [0.29, 0.717) is 0 Å². The van der Waals surface area contributed by atoms with Crippen molar-refractivity contribution in [3.63, 3.8) is 0 Å². The third-order valence-corrected chi connectivity index (χ3v) is 3.09. The Balaban J connectivity index is 2.47. The minimum Gasteiger partial charge on any atom is -0.388 e. The van der Waals surface area contributed by atoms with Crippen LogP contribution in [0.1, 0.15) is 31.0 Å². The molecule has 90 valence electrons. The summed E-state index contributed by atoms with van der Waals surface area (Å²) >= 11 is 0. The summed E-state index contributed by atoms with van der Waals surface area (Å²) < 4.78 is 0. The normalized spacial score (nSPS) is 10.8. The number of anilines is 1.